The van der Waals surface area contributed by atoms with Crippen LogP contribution in [0, 0.1) is 0 Å². The summed E-state index contributed by atoms with van der Waals surface area (Å²) < 4.78 is 3.24. The number of rotatable bonds is 8. The lowest BCUT2D eigenvalue weighted by atomic mass is 10.1. The molecule has 0 spiro atoms. The summed E-state index contributed by atoms with van der Waals surface area (Å²) in [5.41, 5.74) is 2.42. The number of aryl methyl sites for hydroxylation is 2. The minimum atomic E-state index is -0.141. The first-order valence-corrected chi connectivity index (χ1v) is 7.85. The van der Waals surface area contributed by atoms with Crippen molar-refractivity contribution >= 4 is 15.9 Å². The van der Waals surface area contributed by atoms with Crippen LogP contribution in [0.25, 0.3) is 0 Å². The van der Waals surface area contributed by atoms with E-state index >= 15 is 0 Å². The first-order chi connectivity index (χ1) is 8.63. The third-order valence-corrected chi connectivity index (χ3v) is 4.18. The Bertz CT molecular complexity index is 363. The average Bonchev–Trinajstić information content (AvgIpc) is 2.66. The second-order valence-corrected chi connectivity index (χ2v) is 5.50. The molecule has 0 saturated heterocycles. The molecule has 0 aliphatic carbocycles. The summed E-state index contributed by atoms with van der Waals surface area (Å²) in [6.07, 6.45) is 5.68. The van der Waals surface area contributed by atoms with Crippen LogP contribution in [0.4, 0.5) is 0 Å². The maximum atomic E-state index is 9.74. The first-order valence-electron chi connectivity index (χ1n) is 7.06. The second-order valence-electron chi connectivity index (χ2n) is 4.71. The van der Waals surface area contributed by atoms with Gasteiger partial charge in [0, 0.05) is 6.54 Å². The van der Waals surface area contributed by atoms with Crippen molar-refractivity contribution in [3.63, 3.8) is 0 Å². The third-order valence-electron chi connectivity index (χ3n) is 3.27. The highest BCUT2D eigenvalue weighted by atomic mass is 79.9. The molecular formula is C14H25BrN2O. The highest BCUT2D eigenvalue weighted by Crippen LogP contribution is 2.24. The molecule has 1 unspecified atom stereocenters. The molecule has 3 nitrogen and oxygen atoms in total. The van der Waals surface area contributed by atoms with Gasteiger partial charge in [-0.3, -0.25) is 4.68 Å². The lowest BCUT2D eigenvalue weighted by Crippen LogP contribution is -2.08. The van der Waals surface area contributed by atoms with Gasteiger partial charge in [-0.25, -0.2) is 0 Å². The molecule has 0 radical (unpaired) electrons. The quantitative estimate of drug-likeness (QED) is 0.794. The average molecular weight is 317 g/mol. The molecule has 1 heterocycles. The van der Waals surface area contributed by atoms with Gasteiger partial charge in [0.05, 0.1) is 22.0 Å². The summed E-state index contributed by atoms with van der Waals surface area (Å²) in [5.74, 6) is 0. The Labute approximate surface area is 119 Å². The smallest absolute Gasteiger partial charge is 0.0766 e. The summed E-state index contributed by atoms with van der Waals surface area (Å²) in [7, 11) is 0. The Kier molecular flexibility index (Phi) is 6.94. The van der Waals surface area contributed by atoms with Crippen molar-refractivity contribution in [2.45, 2.75) is 71.9 Å². The van der Waals surface area contributed by atoms with Gasteiger partial charge in [0.1, 0.15) is 0 Å². The van der Waals surface area contributed by atoms with E-state index in [0.717, 1.165) is 55.2 Å². The van der Waals surface area contributed by atoms with Gasteiger partial charge in [-0.05, 0) is 55.0 Å². The van der Waals surface area contributed by atoms with Gasteiger partial charge in [-0.15, -0.1) is 0 Å². The van der Waals surface area contributed by atoms with Crippen molar-refractivity contribution in [1.29, 1.82) is 0 Å². The zero-order valence-electron chi connectivity index (χ0n) is 11.7. The van der Waals surface area contributed by atoms with Crippen molar-refractivity contribution in [3.8, 4) is 0 Å². The summed E-state index contributed by atoms with van der Waals surface area (Å²) in [5, 5.41) is 14.3. The topological polar surface area (TPSA) is 38.1 Å². The Morgan fingerprint density at radius 1 is 1.28 bits per heavy atom. The number of halogens is 1. The van der Waals surface area contributed by atoms with Crippen LogP contribution in [0.5, 0.6) is 0 Å². The molecule has 1 aromatic rings. The molecule has 0 fully saturated rings. The van der Waals surface area contributed by atoms with E-state index in [4.69, 9.17) is 0 Å². The predicted molar refractivity (Wildman–Crippen MR) is 78.8 cm³/mol. The van der Waals surface area contributed by atoms with Gasteiger partial charge in [0.25, 0.3) is 0 Å². The zero-order chi connectivity index (χ0) is 13.5. The summed E-state index contributed by atoms with van der Waals surface area (Å²) >= 11 is 3.66. The van der Waals surface area contributed by atoms with Gasteiger partial charge in [-0.1, -0.05) is 20.3 Å². The molecule has 1 atom stereocenters. The minimum absolute atomic E-state index is 0.141. The van der Waals surface area contributed by atoms with Crippen LogP contribution >= 0.6 is 15.9 Å². The number of nitrogens with zero attached hydrogens (tertiary/aromatic N) is 2. The Morgan fingerprint density at radius 3 is 2.56 bits per heavy atom. The van der Waals surface area contributed by atoms with E-state index < -0.39 is 0 Å². The standard InChI is InChI=1S/C14H25BrN2O/c1-4-8-11(18)9-7-10-13-14(15)12(5-2)16-17(13)6-3/h11,18H,4-10H2,1-3H3. The monoisotopic (exact) mass is 316 g/mol. The van der Waals surface area contributed by atoms with Crippen LogP contribution in [0.15, 0.2) is 4.47 Å². The molecule has 4 heteroatoms. The number of hydrogen-bond acceptors (Lipinski definition) is 2. The van der Waals surface area contributed by atoms with E-state index in [1.807, 2.05) is 0 Å². The molecule has 0 bridgehead atoms. The van der Waals surface area contributed by atoms with Crippen LogP contribution < -0.4 is 0 Å². The van der Waals surface area contributed by atoms with Crippen molar-refractivity contribution in [2.75, 3.05) is 0 Å². The highest BCUT2D eigenvalue weighted by Gasteiger charge is 2.13. The lowest BCUT2D eigenvalue weighted by molar-refractivity contribution is 0.151. The lowest BCUT2D eigenvalue weighted by Gasteiger charge is -2.09. The van der Waals surface area contributed by atoms with Gasteiger partial charge >= 0.3 is 0 Å². The van der Waals surface area contributed by atoms with Crippen molar-refractivity contribution in [1.82, 2.24) is 9.78 Å². The Morgan fingerprint density at radius 2 is 2.00 bits per heavy atom. The number of aliphatic hydroxyl groups is 1. The molecule has 1 N–H and O–H groups in total. The van der Waals surface area contributed by atoms with Crippen LogP contribution in [0.2, 0.25) is 0 Å². The van der Waals surface area contributed by atoms with Gasteiger partial charge in [-0.2, -0.15) is 5.10 Å². The third kappa shape index (κ3) is 4.09. The van der Waals surface area contributed by atoms with E-state index in [1.54, 1.807) is 0 Å². The van der Waals surface area contributed by atoms with Crippen LogP contribution in [-0.2, 0) is 19.4 Å². The normalized spacial score (nSPS) is 12.9. The Hall–Kier alpha value is -0.350. The van der Waals surface area contributed by atoms with E-state index in [2.05, 4.69) is 46.5 Å². The van der Waals surface area contributed by atoms with E-state index in [0.29, 0.717) is 0 Å². The van der Waals surface area contributed by atoms with Gasteiger partial charge in [0.15, 0.2) is 0 Å². The fourth-order valence-electron chi connectivity index (χ4n) is 2.24. The predicted octanol–water partition coefficient (Wildman–Crippen LogP) is 3.71. The van der Waals surface area contributed by atoms with Gasteiger partial charge in [0.2, 0.25) is 0 Å². The van der Waals surface area contributed by atoms with Crippen molar-refractivity contribution in [3.05, 3.63) is 15.9 Å². The van der Waals surface area contributed by atoms with Crippen LogP contribution in [0.1, 0.15) is 57.8 Å². The maximum absolute atomic E-state index is 9.74. The summed E-state index contributed by atoms with van der Waals surface area (Å²) in [4.78, 5) is 0. The molecule has 104 valence electrons. The van der Waals surface area contributed by atoms with Crippen molar-refractivity contribution in [2.24, 2.45) is 0 Å². The van der Waals surface area contributed by atoms with Gasteiger partial charge < -0.3 is 5.11 Å². The first kappa shape index (κ1) is 15.7. The Balaban J connectivity index is 2.58. The minimum Gasteiger partial charge on any atom is -0.393 e. The largest absolute Gasteiger partial charge is 0.393 e. The van der Waals surface area contributed by atoms with E-state index in [-0.39, 0.29) is 6.10 Å². The molecule has 18 heavy (non-hydrogen) atoms. The summed E-state index contributed by atoms with van der Waals surface area (Å²) in [6.45, 7) is 7.27. The fourth-order valence-corrected chi connectivity index (χ4v) is 3.00. The highest BCUT2D eigenvalue weighted by molar-refractivity contribution is 9.10. The zero-order valence-corrected chi connectivity index (χ0v) is 13.3. The van der Waals surface area contributed by atoms with Crippen LogP contribution in [-0.4, -0.2) is 21.0 Å². The van der Waals surface area contributed by atoms with E-state index in [9.17, 15) is 5.11 Å². The van der Waals surface area contributed by atoms with Crippen molar-refractivity contribution < 1.29 is 5.11 Å². The molecular weight excluding hydrogens is 292 g/mol. The molecule has 1 aromatic heterocycles. The van der Waals surface area contributed by atoms with E-state index in [1.165, 1.54) is 5.69 Å². The SMILES string of the molecule is CCCC(O)CCCc1c(Br)c(CC)nn1CC. The maximum Gasteiger partial charge on any atom is 0.0766 e. The molecule has 1 rings (SSSR count). The molecule has 0 aliphatic heterocycles. The summed E-state index contributed by atoms with van der Waals surface area (Å²) in [6, 6.07) is 0. The fraction of sp³-hybridized carbons (Fsp3) is 0.786. The molecule has 0 aliphatic rings. The number of aliphatic hydroxyl groups excluding tert-OH is 1. The second kappa shape index (κ2) is 7.95. The van der Waals surface area contributed by atoms with Crippen LogP contribution in [0.3, 0.4) is 0 Å². The molecule has 0 aromatic carbocycles. The molecule has 0 saturated carbocycles. The number of hydrogen-bond donors (Lipinski definition) is 1. The number of aromatic nitrogens is 2. The molecule has 0 amide bonds.